The Morgan fingerprint density at radius 1 is 1.00 bits per heavy atom. The van der Waals surface area contributed by atoms with E-state index in [0.29, 0.717) is 12.8 Å². The fourth-order valence-corrected chi connectivity index (χ4v) is 0.552. The summed E-state index contributed by atoms with van der Waals surface area (Å²) in [7, 11) is 0. The molecular formula is C8H19NO5. The molecule has 0 rings (SSSR count). The van der Waals surface area contributed by atoms with Gasteiger partial charge < -0.3 is 21.5 Å². The number of aliphatic carboxylic acids is 2. The van der Waals surface area contributed by atoms with E-state index < -0.39 is 11.9 Å². The van der Waals surface area contributed by atoms with Crippen molar-refractivity contribution in [2.24, 2.45) is 0 Å². The van der Waals surface area contributed by atoms with E-state index in [1.165, 1.54) is 0 Å². The van der Waals surface area contributed by atoms with Crippen molar-refractivity contribution in [3.05, 3.63) is 0 Å². The van der Waals surface area contributed by atoms with Crippen molar-refractivity contribution in [2.45, 2.75) is 32.6 Å². The first-order valence-electron chi connectivity index (χ1n) is 4.09. The monoisotopic (exact) mass is 209 g/mol. The van der Waals surface area contributed by atoms with Crippen LogP contribution < -0.4 is 6.15 Å². The molecule has 0 amide bonds. The highest BCUT2D eigenvalue weighted by Crippen LogP contribution is 1.98. The molecule has 6 nitrogen and oxygen atoms in total. The van der Waals surface area contributed by atoms with Crippen LogP contribution in [-0.4, -0.2) is 33.9 Å². The normalized spacial score (nSPS) is 7.86. The van der Waals surface area contributed by atoms with E-state index >= 15 is 0 Å². The van der Waals surface area contributed by atoms with Gasteiger partial charge in [0.1, 0.15) is 0 Å². The molecular weight excluding hydrogens is 190 g/mol. The van der Waals surface area contributed by atoms with Crippen molar-refractivity contribution in [2.75, 3.05) is 6.61 Å². The zero-order valence-corrected chi connectivity index (χ0v) is 8.40. The van der Waals surface area contributed by atoms with Crippen LogP contribution in [0.2, 0.25) is 0 Å². The molecule has 0 aliphatic carbocycles. The van der Waals surface area contributed by atoms with Crippen molar-refractivity contribution in [3.8, 4) is 0 Å². The molecule has 0 spiro atoms. The zero-order valence-electron chi connectivity index (χ0n) is 8.40. The van der Waals surface area contributed by atoms with E-state index in [0.717, 1.165) is 0 Å². The van der Waals surface area contributed by atoms with E-state index in [9.17, 15) is 9.59 Å². The number of carboxylic acids is 2. The molecule has 0 bridgehead atoms. The number of hydrogen-bond acceptors (Lipinski definition) is 4. The number of aliphatic hydroxyl groups excluding tert-OH is 1. The number of carboxylic acid groups (broad SMARTS) is 2. The summed E-state index contributed by atoms with van der Waals surface area (Å²) in [5.74, 6) is -1.74. The summed E-state index contributed by atoms with van der Waals surface area (Å²) >= 11 is 0. The van der Waals surface area contributed by atoms with Gasteiger partial charge in [0.25, 0.3) is 0 Å². The number of rotatable bonds is 5. The molecule has 0 aromatic heterocycles. The van der Waals surface area contributed by atoms with Gasteiger partial charge in [-0.1, -0.05) is 0 Å². The first kappa shape index (κ1) is 18.6. The smallest absolute Gasteiger partial charge is 0.303 e. The molecule has 0 aromatic carbocycles. The van der Waals surface area contributed by atoms with E-state index in [2.05, 4.69) is 0 Å². The Morgan fingerprint density at radius 3 is 1.36 bits per heavy atom. The van der Waals surface area contributed by atoms with E-state index in [-0.39, 0.29) is 25.6 Å². The Hall–Kier alpha value is -1.14. The predicted molar refractivity (Wildman–Crippen MR) is 51.5 cm³/mol. The lowest BCUT2D eigenvalue weighted by molar-refractivity contribution is -0.139. The van der Waals surface area contributed by atoms with Crippen LogP contribution in [0.25, 0.3) is 0 Å². The minimum atomic E-state index is -0.870. The summed E-state index contributed by atoms with van der Waals surface area (Å²) in [5.41, 5.74) is 0. The highest BCUT2D eigenvalue weighted by Gasteiger charge is 1.99. The van der Waals surface area contributed by atoms with E-state index in [4.69, 9.17) is 15.3 Å². The van der Waals surface area contributed by atoms with Crippen LogP contribution in [0.5, 0.6) is 0 Å². The SMILES string of the molecule is CCO.N.O=C(O)CCCCC(=O)O. The molecule has 6 heteroatoms. The predicted octanol–water partition coefficient (Wildman–Crippen LogP) is 0.877. The molecule has 0 radical (unpaired) electrons. The van der Waals surface area contributed by atoms with Crippen molar-refractivity contribution in [3.63, 3.8) is 0 Å². The Morgan fingerprint density at radius 2 is 1.21 bits per heavy atom. The fraction of sp³-hybridized carbons (Fsp3) is 0.750. The molecule has 0 aromatic rings. The van der Waals surface area contributed by atoms with Crippen molar-refractivity contribution >= 4 is 11.9 Å². The number of aliphatic hydroxyl groups is 1. The highest BCUT2D eigenvalue weighted by molar-refractivity contribution is 5.67. The lowest BCUT2D eigenvalue weighted by atomic mass is 10.2. The molecule has 0 unspecified atom stereocenters. The van der Waals surface area contributed by atoms with Gasteiger partial charge >= 0.3 is 11.9 Å². The largest absolute Gasteiger partial charge is 0.481 e. The van der Waals surface area contributed by atoms with E-state index in [1.807, 2.05) is 0 Å². The van der Waals surface area contributed by atoms with Crippen LogP contribution in [0.4, 0.5) is 0 Å². The average Bonchev–Trinajstić information content (AvgIpc) is 1.99. The topological polar surface area (TPSA) is 130 Å². The van der Waals surface area contributed by atoms with Gasteiger partial charge in [-0.15, -0.1) is 0 Å². The maximum absolute atomic E-state index is 9.90. The first-order valence-corrected chi connectivity index (χ1v) is 4.09. The standard InChI is InChI=1S/C6H10O4.C2H6O.H3N/c7-5(8)3-1-2-4-6(9)10;1-2-3;/h1-4H2,(H,7,8)(H,9,10);3H,2H2,1H3;1H3. The van der Waals surface area contributed by atoms with Gasteiger partial charge in [-0.05, 0) is 19.8 Å². The van der Waals surface area contributed by atoms with Gasteiger partial charge in [0.2, 0.25) is 0 Å². The van der Waals surface area contributed by atoms with Gasteiger partial charge in [-0.25, -0.2) is 0 Å². The number of carbonyl (C=O) groups is 2. The third-order valence-corrected chi connectivity index (χ3v) is 1.03. The minimum absolute atomic E-state index is 0. The van der Waals surface area contributed by atoms with Crippen molar-refractivity contribution in [1.29, 1.82) is 0 Å². The second-order valence-electron chi connectivity index (χ2n) is 2.31. The molecule has 6 N–H and O–H groups in total. The molecule has 0 atom stereocenters. The maximum Gasteiger partial charge on any atom is 0.303 e. The lowest BCUT2D eigenvalue weighted by Crippen LogP contribution is -1.97. The molecule has 0 saturated heterocycles. The van der Waals surface area contributed by atoms with Gasteiger partial charge in [-0.2, -0.15) is 0 Å². The van der Waals surface area contributed by atoms with Crippen molar-refractivity contribution < 1.29 is 24.9 Å². The summed E-state index contributed by atoms with van der Waals surface area (Å²) in [4.78, 5) is 19.8. The summed E-state index contributed by atoms with van der Waals surface area (Å²) in [6.45, 7) is 1.93. The molecule has 0 aliphatic rings. The Labute approximate surface area is 83.1 Å². The van der Waals surface area contributed by atoms with Gasteiger partial charge in [-0.3, -0.25) is 9.59 Å². The van der Waals surface area contributed by atoms with Crippen LogP contribution in [-0.2, 0) is 9.59 Å². The highest BCUT2D eigenvalue weighted by atomic mass is 16.4. The van der Waals surface area contributed by atoms with Gasteiger partial charge in [0.15, 0.2) is 0 Å². The second-order valence-corrected chi connectivity index (χ2v) is 2.31. The fourth-order valence-electron chi connectivity index (χ4n) is 0.552. The Balaban J connectivity index is -0.000000267. The molecule has 86 valence electrons. The lowest BCUT2D eigenvalue weighted by Gasteiger charge is -1.92. The van der Waals surface area contributed by atoms with Crippen molar-refractivity contribution in [1.82, 2.24) is 6.15 Å². The van der Waals surface area contributed by atoms with Crippen LogP contribution in [0, 0.1) is 0 Å². The average molecular weight is 209 g/mol. The van der Waals surface area contributed by atoms with Crippen LogP contribution in [0.3, 0.4) is 0 Å². The zero-order chi connectivity index (χ0) is 10.7. The van der Waals surface area contributed by atoms with E-state index in [1.54, 1.807) is 6.92 Å². The third kappa shape index (κ3) is 30.7. The van der Waals surface area contributed by atoms with Gasteiger partial charge in [0.05, 0.1) is 0 Å². The Bertz CT molecular complexity index is 133. The molecule has 0 aliphatic heterocycles. The molecule has 0 heterocycles. The maximum atomic E-state index is 9.90. The first-order chi connectivity index (χ1) is 6.04. The third-order valence-electron chi connectivity index (χ3n) is 1.03. The summed E-state index contributed by atoms with van der Waals surface area (Å²) < 4.78 is 0. The van der Waals surface area contributed by atoms with Crippen LogP contribution in [0.15, 0.2) is 0 Å². The Kier molecular flexibility index (Phi) is 19.1. The number of hydrogen-bond donors (Lipinski definition) is 4. The summed E-state index contributed by atoms with van der Waals surface area (Å²) in [5, 5.41) is 23.8. The summed E-state index contributed by atoms with van der Waals surface area (Å²) in [6, 6.07) is 0. The summed E-state index contributed by atoms with van der Waals surface area (Å²) in [6.07, 6.45) is 1.02. The second kappa shape index (κ2) is 14.4. The minimum Gasteiger partial charge on any atom is -0.481 e. The quantitative estimate of drug-likeness (QED) is 0.497. The number of unbranched alkanes of at least 4 members (excludes halogenated alkanes) is 1. The van der Waals surface area contributed by atoms with Crippen LogP contribution in [0.1, 0.15) is 32.6 Å². The van der Waals surface area contributed by atoms with Gasteiger partial charge in [0, 0.05) is 19.4 Å². The molecule has 14 heavy (non-hydrogen) atoms. The molecule has 0 saturated carbocycles. The van der Waals surface area contributed by atoms with Crippen LogP contribution >= 0.6 is 0 Å². The molecule has 0 fully saturated rings.